The van der Waals surface area contributed by atoms with Gasteiger partial charge in [-0.15, -0.1) is 0 Å². The molecular weight excluding hydrogens is 248 g/mol. The summed E-state index contributed by atoms with van der Waals surface area (Å²) < 4.78 is 5.43. The number of hydrogen-bond donors (Lipinski definition) is 1. The van der Waals surface area contributed by atoms with Gasteiger partial charge in [0.15, 0.2) is 17.3 Å². The molecule has 2 aromatic rings. The van der Waals surface area contributed by atoms with Crippen LogP contribution in [0.4, 0.5) is 0 Å². The first-order chi connectivity index (χ1) is 8.95. The summed E-state index contributed by atoms with van der Waals surface area (Å²) in [6.07, 6.45) is 0.423. The van der Waals surface area contributed by atoms with E-state index in [-0.39, 0.29) is 51.2 Å². The zero-order valence-electron chi connectivity index (χ0n) is 10.5. The Hall–Kier alpha value is -2.43. The van der Waals surface area contributed by atoms with Crippen LogP contribution in [0, 0.1) is 6.92 Å². The molecule has 1 aromatic heterocycles. The number of fused-ring (bicyclic) bond motifs is 1. The van der Waals surface area contributed by atoms with Gasteiger partial charge in [0.1, 0.15) is 17.3 Å². The molecule has 0 bridgehead atoms. The van der Waals surface area contributed by atoms with Crippen LogP contribution >= 0.6 is 0 Å². The maximum atomic E-state index is 12.3. The summed E-state index contributed by atoms with van der Waals surface area (Å²) in [5.41, 5.74) is -0.0866. The fourth-order valence-electron chi connectivity index (χ4n) is 1.98. The van der Waals surface area contributed by atoms with E-state index in [4.69, 9.17) is 4.42 Å². The van der Waals surface area contributed by atoms with Crippen LogP contribution in [0.5, 0.6) is 5.75 Å². The Labute approximate surface area is 108 Å². The predicted molar refractivity (Wildman–Crippen MR) is 68.7 cm³/mol. The predicted octanol–water partition coefficient (Wildman–Crippen LogP) is 1.75. The van der Waals surface area contributed by atoms with Crippen LogP contribution in [0.3, 0.4) is 0 Å². The summed E-state index contributed by atoms with van der Waals surface area (Å²) in [4.78, 5) is 34.4. The highest BCUT2D eigenvalue weighted by molar-refractivity contribution is 5.97. The molecule has 5 nitrogen and oxygen atoms in total. The SMILES string of the molecule is CC(=O)Cc1c(C)oc2c(C=O)c(O)ccc2c1=O. The first-order valence-electron chi connectivity index (χ1n) is 5.68. The van der Waals surface area contributed by atoms with Crippen molar-refractivity contribution >= 4 is 23.0 Å². The smallest absolute Gasteiger partial charge is 0.196 e. The van der Waals surface area contributed by atoms with Gasteiger partial charge in [-0.2, -0.15) is 0 Å². The molecule has 0 amide bonds. The Morgan fingerprint density at radius 2 is 2.11 bits per heavy atom. The van der Waals surface area contributed by atoms with Gasteiger partial charge in [0.25, 0.3) is 0 Å². The number of carbonyl (C=O) groups excluding carboxylic acids is 2. The summed E-state index contributed by atoms with van der Waals surface area (Å²) in [7, 11) is 0. The third-order valence-electron chi connectivity index (χ3n) is 2.92. The molecule has 0 radical (unpaired) electrons. The minimum absolute atomic E-state index is 0.0125. The van der Waals surface area contributed by atoms with Crippen LogP contribution in [0.15, 0.2) is 21.3 Å². The van der Waals surface area contributed by atoms with E-state index < -0.39 is 0 Å². The van der Waals surface area contributed by atoms with Gasteiger partial charge in [-0.1, -0.05) is 0 Å². The van der Waals surface area contributed by atoms with Crippen LogP contribution in [0.25, 0.3) is 11.0 Å². The molecule has 1 aromatic carbocycles. The van der Waals surface area contributed by atoms with Crippen LogP contribution in [0.1, 0.15) is 28.6 Å². The van der Waals surface area contributed by atoms with Crippen LogP contribution < -0.4 is 5.43 Å². The Balaban J connectivity index is 2.87. The van der Waals surface area contributed by atoms with Crippen LogP contribution in [-0.4, -0.2) is 17.2 Å². The summed E-state index contributed by atoms with van der Waals surface area (Å²) in [5, 5.41) is 9.74. The van der Waals surface area contributed by atoms with Gasteiger partial charge < -0.3 is 9.52 Å². The molecule has 0 unspecified atom stereocenters. The molecule has 2 rings (SSSR count). The van der Waals surface area contributed by atoms with Crippen LogP contribution in [0.2, 0.25) is 0 Å². The largest absolute Gasteiger partial charge is 0.507 e. The molecule has 0 aliphatic rings. The highest BCUT2D eigenvalue weighted by Crippen LogP contribution is 2.25. The summed E-state index contributed by atoms with van der Waals surface area (Å²) in [5.74, 6) is -0.116. The van der Waals surface area contributed by atoms with Crippen molar-refractivity contribution in [3.8, 4) is 5.75 Å². The van der Waals surface area contributed by atoms with Crippen molar-refractivity contribution in [1.29, 1.82) is 0 Å². The first-order valence-corrected chi connectivity index (χ1v) is 5.68. The number of aromatic hydroxyl groups is 1. The summed E-state index contributed by atoms with van der Waals surface area (Å²) >= 11 is 0. The third-order valence-corrected chi connectivity index (χ3v) is 2.92. The average Bonchev–Trinajstić information content (AvgIpc) is 2.34. The molecule has 0 aliphatic heterocycles. The number of aryl methyl sites for hydroxylation is 1. The first kappa shape index (κ1) is 13.0. The van der Waals surface area contributed by atoms with Gasteiger partial charge in [0.05, 0.1) is 10.9 Å². The molecule has 0 saturated carbocycles. The standard InChI is InChI=1S/C14H12O5/c1-7(16)5-10-8(2)19-14-9(13(10)18)3-4-12(17)11(14)6-15/h3-4,6,17H,5H2,1-2H3. The van der Waals surface area contributed by atoms with E-state index in [1.54, 1.807) is 6.92 Å². The molecule has 1 heterocycles. The second kappa shape index (κ2) is 4.68. The number of Topliss-reactive ketones (excluding diaryl/α,β-unsaturated/α-hetero) is 1. The van der Waals surface area contributed by atoms with Gasteiger partial charge in [-0.25, -0.2) is 0 Å². The lowest BCUT2D eigenvalue weighted by molar-refractivity contribution is -0.116. The van der Waals surface area contributed by atoms with Gasteiger partial charge in [0, 0.05) is 12.0 Å². The van der Waals surface area contributed by atoms with Gasteiger partial charge in [-0.05, 0) is 26.0 Å². The number of hydrogen-bond acceptors (Lipinski definition) is 5. The minimum atomic E-state index is -0.350. The van der Waals surface area contributed by atoms with Crippen LogP contribution in [-0.2, 0) is 11.2 Å². The molecule has 0 atom stereocenters. The zero-order valence-corrected chi connectivity index (χ0v) is 10.5. The number of carbonyl (C=O) groups is 2. The molecule has 19 heavy (non-hydrogen) atoms. The second-order valence-corrected chi connectivity index (χ2v) is 4.34. The lowest BCUT2D eigenvalue weighted by atomic mass is 10.0. The Morgan fingerprint density at radius 1 is 1.42 bits per heavy atom. The van der Waals surface area contributed by atoms with E-state index in [0.717, 1.165) is 0 Å². The third kappa shape index (κ3) is 2.14. The highest BCUT2D eigenvalue weighted by Gasteiger charge is 2.17. The Bertz CT molecular complexity index is 740. The normalized spacial score (nSPS) is 10.6. The topological polar surface area (TPSA) is 84.6 Å². The Morgan fingerprint density at radius 3 is 2.68 bits per heavy atom. The van der Waals surface area contributed by atoms with Crippen molar-refractivity contribution in [3.05, 3.63) is 39.2 Å². The number of phenolic OH excluding ortho intramolecular Hbond substituents is 1. The maximum Gasteiger partial charge on any atom is 0.196 e. The van der Waals surface area contributed by atoms with Crippen molar-refractivity contribution in [2.75, 3.05) is 0 Å². The van der Waals surface area contributed by atoms with E-state index in [2.05, 4.69) is 0 Å². The van der Waals surface area contributed by atoms with E-state index in [9.17, 15) is 19.5 Å². The van der Waals surface area contributed by atoms with Crippen molar-refractivity contribution < 1.29 is 19.1 Å². The zero-order chi connectivity index (χ0) is 14.2. The lowest BCUT2D eigenvalue weighted by Crippen LogP contribution is -2.15. The van der Waals surface area contributed by atoms with Crippen molar-refractivity contribution in [2.45, 2.75) is 20.3 Å². The quantitative estimate of drug-likeness (QED) is 0.850. The van der Waals surface area contributed by atoms with E-state index in [1.807, 2.05) is 0 Å². The van der Waals surface area contributed by atoms with E-state index in [1.165, 1.54) is 19.1 Å². The molecule has 0 spiro atoms. The lowest BCUT2D eigenvalue weighted by Gasteiger charge is -2.07. The molecule has 0 fully saturated rings. The fourth-order valence-corrected chi connectivity index (χ4v) is 1.98. The van der Waals surface area contributed by atoms with Crippen molar-refractivity contribution in [3.63, 3.8) is 0 Å². The highest BCUT2D eigenvalue weighted by atomic mass is 16.3. The van der Waals surface area contributed by atoms with E-state index in [0.29, 0.717) is 6.29 Å². The summed E-state index contributed by atoms with van der Waals surface area (Å²) in [6, 6.07) is 2.64. The molecule has 0 saturated heterocycles. The van der Waals surface area contributed by atoms with Crippen molar-refractivity contribution in [2.24, 2.45) is 0 Å². The number of rotatable bonds is 3. The maximum absolute atomic E-state index is 12.3. The summed E-state index contributed by atoms with van der Waals surface area (Å²) in [6.45, 7) is 2.94. The van der Waals surface area contributed by atoms with Gasteiger partial charge in [0.2, 0.25) is 0 Å². The van der Waals surface area contributed by atoms with Gasteiger partial charge >= 0.3 is 0 Å². The minimum Gasteiger partial charge on any atom is -0.507 e. The second-order valence-electron chi connectivity index (χ2n) is 4.34. The number of benzene rings is 1. The van der Waals surface area contributed by atoms with E-state index >= 15 is 0 Å². The Kier molecular flexibility index (Phi) is 3.21. The average molecular weight is 260 g/mol. The number of phenols is 1. The number of aldehydes is 1. The molecule has 5 heteroatoms. The molecule has 0 aliphatic carbocycles. The molecule has 98 valence electrons. The van der Waals surface area contributed by atoms with Gasteiger partial charge in [-0.3, -0.25) is 14.4 Å². The monoisotopic (exact) mass is 260 g/mol. The van der Waals surface area contributed by atoms with Crippen molar-refractivity contribution in [1.82, 2.24) is 0 Å². The number of ketones is 1. The molecular formula is C14H12O5. The molecule has 1 N–H and O–H groups in total. The fraction of sp³-hybridized carbons (Fsp3) is 0.214.